The van der Waals surface area contributed by atoms with Gasteiger partial charge in [-0.1, -0.05) is 23.7 Å². The molecule has 0 aliphatic rings. The Morgan fingerprint density at radius 1 is 0.967 bits per heavy atom. The van der Waals surface area contributed by atoms with Crippen LogP contribution in [0.1, 0.15) is 0 Å². The summed E-state index contributed by atoms with van der Waals surface area (Å²) in [6.07, 6.45) is 0. The zero-order valence-electron chi connectivity index (χ0n) is 15.8. The lowest BCUT2D eigenvalue weighted by Crippen LogP contribution is -2.14. The average molecular weight is 442 g/mol. The number of anilines is 1. The van der Waals surface area contributed by atoms with Crippen LogP contribution in [-0.2, 0) is 10.0 Å². The summed E-state index contributed by atoms with van der Waals surface area (Å²) in [6, 6.07) is 19.0. The number of hydrogen-bond acceptors (Lipinski definition) is 5. The summed E-state index contributed by atoms with van der Waals surface area (Å²) in [6.45, 7) is 0. The second-order valence-corrected chi connectivity index (χ2v) is 8.54. The van der Waals surface area contributed by atoms with E-state index in [0.29, 0.717) is 27.2 Å². The molecule has 0 saturated carbocycles. The van der Waals surface area contributed by atoms with E-state index in [-0.39, 0.29) is 21.8 Å². The molecule has 6 nitrogen and oxygen atoms in total. The molecule has 1 N–H and O–H groups in total. The molecule has 4 aromatic rings. The van der Waals surface area contributed by atoms with Crippen molar-refractivity contribution in [2.24, 2.45) is 0 Å². The SMILES string of the molecule is COc1ccc(-c2cc(=O)c3ccccc3o2)cc1S(=O)(=O)Nc1ccc(Cl)cc1. The van der Waals surface area contributed by atoms with Crippen LogP contribution in [0.4, 0.5) is 5.69 Å². The Kier molecular flexibility index (Phi) is 5.24. The number of rotatable bonds is 5. The van der Waals surface area contributed by atoms with E-state index in [1.165, 1.54) is 25.3 Å². The fourth-order valence-electron chi connectivity index (χ4n) is 3.01. The van der Waals surface area contributed by atoms with Gasteiger partial charge < -0.3 is 9.15 Å². The van der Waals surface area contributed by atoms with E-state index in [4.69, 9.17) is 20.8 Å². The van der Waals surface area contributed by atoms with Crippen LogP contribution in [0.5, 0.6) is 5.75 Å². The van der Waals surface area contributed by atoms with E-state index in [1.54, 1.807) is 54.6 Å². The summed E-state index contributed by atoms with van der Waals surface area (Å²) in [5.74, 6) is 0.410. The van der Waals surface area contributed by atoms with Crippen molar-refractivity contribution in [1.82, 2.24) is 0 Å². The van der Waals surface area contributed by atoms with Gasteiger partial charge in [-0.05, 0) is 54.6 Å². The van der Waals surface area contributed by atoms with Crippen LogP contribution in [0, 0.1) is 0 Å². The third kappa shape index (κ3) is 3.90. The molecule has 1 aromatic heterocycles. The van der Waals surface area contributed by atoms with Gasteiger partial charge in [0.15, 0.2) is 5.43 Å². The van der Waals surface area contributed by atoms with Crippen LogP contribution in [0.25, 0.3) is 22.3 Å². The number of sulfonamides is 1. The molecule has 0 saturated heterocycles. The van der Waals surface area contributed by atoms with Gasteiger partial charge in [0, 0.05) is 22.3 Å². The highest BCUT2D eigenvalue weighted by atomic mass is 35.5. The molecule has 4 rings (SSSR count). The van der Waals surface area contributed by atoms with Gasteiger partial charge in [-0.15, -0.1) is 0 Å². The van der Waals surface area contributed by atoms with E-state index < -0.39 is 10.0 Å². The zero-order valence-corrected chi connectivity index (χ0v) is 17.3. The topological polar surface area (TPSA) is 85.6 Å². The highest BCUT2D eigenvalue weighted by molar-refractivity contribution is 7.92. The van der Waals surface area contributed by atoms with Crippen molar-refractivity contribution in [1.29, 1.82) is 0 Å². The molecule has 0 amide bonds. The van der Waals surface area contributed by atoms with Crippen molar-refractivity contribution in [3.05, 3.63) is 88.0 Å². The summed E-state index contributed by atoms with van der Waals surface area (Å²) in [7, 11) is -2.61. The van der Waals surface area contributed by atoms with Gasteiger partial charge in [-0.25, -0.2) is 8.42 Å². The standard InChI is InChI=1S/C22H16ClNO5S/c1-28-20-11-6-14(21-13-18(25)17-4-2-3-5-19(17)29-21)12-22(20)30(26,27)24-16-9-7-15(23)8-10-16/h2-13,24H,1H3. The summed E-state index contributed by atoms with van der Waals surface area (Å²) in [4.78, 5) is 12.3. The van der Waals surface area contributed by atoms with Crippen LogP contribution in [0.3, 0.4) is 0 Å². The number of ether oxygens (including phenoxy) is 1. The average Bonchev–Trinajstić information content (AvgIpc) is 2.75. The first-order valence-corrected chi connectivity index (χ1v) is 10.7. The molecule has 0 radical (unpaired) electrons. The van der Waals surface area contributed by atoms with Crippen LogP contribution < -0.4 is 14.9 Å². The van der Waals surface area contributed by atoms with Gasteiger partial charge in [0.2, 0.25) is 0 Å². The molecule has 0 atom stereocenters. The highest BCUT2D eigenvalue weighted by Crippen LogP contribution is 2.32. The van der Waals surface area contributed by atoms with Gasteiger partial charge >= 0.3 is 0 Å². The monoisotopic (exact) mass is 441 g/mol. The molecule has 30 heavy (non-hydrogen) atoms. The number of fused-ring (bicyclic) bond motifs is 1. The molecule has 152 valence electrons. The van der Waals surface area contributed by atoms with Gasteiger partial charge in [-0.3, -0.25) is 9.52 Å². The Hall–Kier alpha value is -3.29. The molecule has 0 bridgehead atoms. The molecule has 0 aliphatic carbocycles. The van der Waals surface area contributed by atoms with Crippen molar-refractivity contribution >= 4 is 38.3 Å². The Morgan fingerprint density at radius 3 is 2.43 bits per heavy atom. The Bertz CT molecular complexity index is 1400. The van der Waals surface area contributed by atoms with Crippen LogP contribution in [0.2, 0.25) is 5.02 Å². The molecule has 1 heterocycles. The summed E-state index contributed by atoms with van der Waals surface area (Å²) >= 11 is 5.86. The van der Waals surface area contributed by atoms with Gasteiger partial charge in [0.25, 0.3) is 10.0 Å². The maximum absolute atomic E-state index is 13.0. The predicted molar refractivity (Wildman–Crippen MR) is 117 cm³/mol. The lowest BCUT2D eigenvalue weighted by Gasteiger charge is -2.13. The third-order valence-corrected chi connectivity index (χ3v) is 6.12. The fraction of sp³-hybridized carbons (Fsp3) is 0.0455. The second kappa shape index (κ2) is 7.85. The van der Waals surface area contributed by atoms with Gasteiger partial charge in [-0.2, -0.15) is 0 Å². The van der Waals surface area contributed by atoms with Gasteiger partial charge in [0.05, 0.1) is 12.5 Å². The molecular weight excluding hydrogens is 426 g/mol. The number of hydrogen-bond donors (Lipinski definition) is 1. The van der Waals surface area contributed by atoms with E-state index in [1.807, 2.05) is 0 Å². The second-order valence-electron chi connectivity index (χ2n) is 6.45. The minimum atomic E-state index is -3.99. The molecule has 0 aliphatic heterocycles. The highest BCUT2D eigenvalue weighted by Gasteiger charge is 2.21. The van der Waals surface area contributed by atoms with Crippen molar-refractivity contribution in [3.8, 4) is 17.1 Å². The number of methoxy groups -OCH3 is 1. The zero-order chi connectivity index (χ0) is 21.3. The Labute approximate surface area is 177 Å². The molecular formula is C22H16ClNO5S. The van der Waals surface area contributed by atoms with E-state index in [0.717, 1.165) is 0 Å². The number of para-hydroxylation sites is 1. The molecule has 8 heteroatoms. The number of halogens is 1. The molecule has 0 fully saturated rings. The van der Waals surface area contributed by atoms with Crippen LogP contribution in [0.15, 0.2) is 86.9 Å². The summed E-state index contributed by atoms with van der Waals surface area (Å²) in [5.41, 5.74) is 0.977. The molecule has 0 unspecified atom stereocenters. The fourth-order valence-corrected chi connectivity index (χ4v) is 4.39. The van der Waals surface area contributed by atoms with Crippen molar-refractivity contribution in [2.45, 2.75) is 4.90 Å². The minimum absolute atomic E-state index is 0.0896. The van der Waals surface area contributed by atoms with Gasteiger partial charge in [0.1, 0.15) is 22.0 Å². The summed E-state index contributed by atoms with van der Waals surface area (Å²) in [5, 5.41) is 0.941. The normalized spacial score (nSPS) is 11.4. The number of nitrogens with one attached hydrogen (secondary N) is 1. The molecule has 3 aromatic carbocycles. The number of benzene rings is 3. The van der Waals surface area contributed by atoms with E-state index in [9.17, 15) is 13.2 Å². The van der Waals surface area contributed by atoms with E-state index >= 15 is 0 Å². The molecule has 0 spiro atoms. The summed E-state index contributed by atoms with van der Waals surface area (Å²) < 4.78 is 39.6. The Balaban J connectivity index is 1.81. The first-order valence-electron chi connectivity index (χ1n) is 8.87. The predicted octanol–water partition coefficient (Wildman–Crippen LogP) is 4.92. The van der Waals surface area contributed by atoms with Crippen molar-refractivity contribution < 1.29 is 17.6 Å². The Morgan fingerprint density at radius 2 is 1.70 bits per heavy atom. The van der Waals surface area contributed by atoms with Crippen LogP contribution >= 0.6 is 11.6 Å². The lowest BCUT2D eigenvalue weighted by atomic mass is 10.1. The smallest absolute Gasteiger partial charge is 0.265 e. The minimum Gasteiger partial charge on any atom is -0.495 e. The lowest BCUT2D eigenvalue weighted by molar-refractivity contribution is 0.403. The van der Waals surface area contributed by atoms with Crippen LogP contribution in [-0.4, -0.2) is 15.5 Å². The quantitative estimate of drug-likeness (QED) is 0.475. The van der Waals surface area contributed by atoms with Crippen molar-refractivity contribution in [3.63, 3.8) is 0 Å². The first-order chi connectivity index (χ1) is 14.4. The maximum atomic E-state index is 13.0. The van der Waals surface area contributed by atoms with Crippen molar-refractivity contribution in [2.75, 3.05) is 11.8 Å². The largest absolute Gasteiger partial charge is 0.495 e. The first kappa shape index (κ1) is 20.0. The third-order valence-electron chi connectivity index (χ3n) is 4.47. The van der Waals surface area contributed by atoms with E-state index in [2.05, 4.69) is 4.72 Å². The maximum Gasteiger partial charge on any atom is 0.265 e.